The first-order chi connectivity index (χ1) is 11.2. The first-order valence-corrected chi connectivity index (χ1v) is 8.17. The topological polar surface area (TPSA) is 67.0 Å². The van der Waals surface area contributed by atoms with E-state index in [0.29, 0.717) is 18.8 Å². The number of aryl methyl sites for hydroxylation is 1. The molecule has 0 saturated heterocycles. The maximum absolute atomic E-state index is 12.0. The predicted molar refractivity (Wildman–Crippen MR) is 90.9 cm³/mol. The van der Waals surface area contributed by atoms with Crippen LogP contribution in [0.25, 0.3) is 10.6 Å². The van der Waals surface area contributed by atoms with Gasteiger partial charge in [-0.15, -0.1) is 11.3 Å². The first-order valence-electron chi connectivity index (χ1n) is 7.29. The Morgan fingerprint density at radius 2 is 2.13 bits per heavy atom. The number of ether oxygens (including phenoxy) is 1. The van der Waals surface area contributed by atoms with E-state index >= 15 is 0 Å². The maximum Gasteiger partial charge on any atom is 0.271 e. The van der Waals surface area contributed by atoms with Crippen LogP contribution in [0, 0.1) is 6.92 Å². The van der Waals surface area contributed by atoms with Crippen molar-refractivity contribution in [3.8, 4) is 16.3 Å². The van der Waals surface area contributed by atoms with Crippen LogP contribution in [0.15, 0.2) is 47.8 Å². The fourth-order valence-electron chi connectivity index (χ4n) is 2.05. The SMILES string of the molecule is Cc1ccc(OCCNC(=O)c2cc(-c3cccs3)[nH]n2)cc1. The van der Waals surface area contributed by atoms with Crippen molar-refractivity contribution in [1.82, 2.24) is 15.5 Å². The van der Waals surface area contributed by atoms with Gasteiger partial charge >= 0.3 is 0 Å². The van der Waals surface area contributed by atoms with Gasteiger partial charge in [0.25, 0.3) is 5.91 Å². The summed E-state index contributed by atoms with van der Waals surface area (Å²) in [6.45, 7) is 2.86. The number of aromatic amines is 1. The summed E-state index contributed by atoms with van der Waals surface area (Å²) in [5.41, 5.74) is 2.41. The Labute approximate surface area is 138 Å². The summed E-state index contributed by atoms with van der Waals surface area (Å²) < 4.78 is 5.57. The molecule has 2 heterocycles. The third-order valence-corrected chi connectivity index (χ3v) is 4.18. The van der Waals surface area contributed by atoms with E-state index in [4.69, 9.17) is 4.74 Å². The van der Waals surface area contributed by atoms with Crippen LogP contribution in [0.4, 0.5) is 0 Å². The van der Waals surface area contributed by atoms with E-state index in [1.807, 2.05) is 48.7 Å². The van der Waals surface area contributed by atoms with Crippen molar-refractivity contribution in [3.05, 3.63) is 59.1 Å². The van der Waals surface area contributed by atoms with Gasteiger partial charge in [0, 0.05) is 0 Å². The molecule has 0 atom stereocenters. The molecule has 118 valence electrons. The Kier molecular flexibility index (Phi) is 4.73. The molecule has 6 heteroatoms. The number of hydrogen-bond acceptors (Lipinski definition) is 4. The minimum atomic E-state index is -0.212. The number of aromatic nitrogens is 2. The number of nitrogens with one attached hydrogen (secondary N) is 2. The first kappa shape index (κ1) is 15.3. The molecule has 0 saturated carbocycles. The molecule has 0 aliphatic heterocycles. The lowest BCUT2D eigenvalue weighted by Crippen LogP contribution is -2.28. The summed E-state index contributed by atoms with van der Waals surface area (Å²) in [4.78, 5) is 13.1. The molecule has 0 aliphatic rings. The largest absolute Gasteiger partial charge is 0.492 e. The molecule has 1 amide bonds. The normalized spacial score (nSPS) is 10.5. The van der Waals surface area contributed by atoms with Crippen LogP contribution in [0.2, 0.25) is 0 Å². The van der Waals surface area contributed by atoms with Crippen LogP contribution in [-0.2, 0) is 0 Å². The number of H-pyrrole nitrogens is 1. The molecule has 3 aromatic rings. The van der Waals surface area contributed by atoms with E-state index in [1.165, 1.54) is 5.56 Å². The van der Waals surface area contributed by atoms with Gasteiger partial charge in [0.1, 0.15) is 12.4 Å². The van der Waals surface area contributed by atoms with Crippen LogP contribution in [0.1, 0.15) is 16.1 Å². The average molecular weight is 327 g/mol. The molecule has 5 nitrogen and oxygen atoms in total. The van der Waals surface area contributed by atoms with Gasteiger partial charge < -0.3 is 10.1 Å². The Hall–Kier alpha value is -2.60. The molecule has 0 bridgehead atoms. The molecule has 2 N–H and O–H groups in total. The lowest BCUT2D eigenvalue weighted by atomic mass is 10.2. The molecule has 1 aromatic carbocycles. The Balaban J connectivity index is 1.47. The molecule has 0 fully saturated rings. The van der Waals surface area contributed by atoms with Gasteiger partial charge in [-0.05, 0) is 36.6 Å². The number of benzene rings is 1. The van der Waals surface area contributed by atoms with Gasteiger partial charge in [0.15, 0.2) is 5.69 Å². The summed E-state index contributed by atoms with van der Waals surface area (Å²) >= 11 is 1.60. The fraction of sp³-hybridized carbons (Fsp3) is 0.176. The molecular formula is C17H17N3O2S. The fourth-order valence-corrected chi connectivity index (χ4v) is 2.75. The van der Waals surface area contributed by atoms with Crippen molar-refractivity contribution in [3.63, 3.8) is 0 Å². The van der Waals surface area contributed by atoms with Crippen LogP contribution in [0.3, 0.4) is 0 Å². The number of carbonyl (C=O) groups is 1. The zero-order valence-electron chi connectivity index (χ0n) is 12.7. The van der Waals surface area contributed by atoms with Gasteiger partial charge in [-0.1, -0.05) is 23.8 Å². The highest BCUT2D eigenvalue weighted by atomic mass is 32.1. The maximum atomic E-state index is 12.0. The van der Waals surface area contributed by atoms with Gasteiger partial charge in [0.2, 0.25) is 0 Å². The molecule has 0 radical (unpaired) electrons. The molecule has 0 unspecified atom stereocenters. The lowest BCUT2D eigenvalue weighted by molar-refractivity contribution is 0.0942. The van der Waals surface area contributed by atoms with E-state index in [9.17, 15) is 4.79 Å². The van der Waals surface area contributed by atoms with E-state index in [-0.39, 0.29) is 5.91 Å². The van der Waals surface area contributed by atoms with Crippen LogP contribution in [-0.4, -0.2) is 29.3 Å². The number of amides is 1. The molecule has 3 rings (SSSR count). The second-order valence-electron chi connectivity index (χ2n) is 5.06. The van der Waals surface area contributed by atoms with Crippen LogP contribution < -0.4 is 10.1 Å². The van der Waals surface area contributed by atoms with Crippen molar-refractivity contribution < 1.29 is 9.53 Å². The predicted octanol–water partition coefficient (Wildman–Crippen LogP) is 3.26. The summed E-state index contributed by atoms with van der Waals surface area (Å²) in [6.07, 6.45) is 0. The minimum Gasteiger partial charge on any atom is -0.492 e. The van der Waals surface area contributed by atoms with Gasteiger partial charge in [0.05, 0.1) is 17.1 Å². The third-order valence-electron chi connectivity index (χ3n) is 3.27. The van der Waals surface area contributed by atoms with E-state index in [1.54, 1.807) is 17.4 Å². The summed E-state index contributed by atoms with van der Waals surface area (Å²) in [6, 6.07) is 13.5. The molecule has 0 aliphatic carbocycles. The Morgan fingerprint density at radius 1 is 1.30 bits per heavy atom. The summed E-state index contributed by atoms with van der Waals surface area (Å²) in [5, 5.41) is 11.7. The summed E-state index contributed by atoms with van der Waals surface area (Å²) in [7, 11) is 0. The highest BCUT2D eigenvalue weighted by molar-refractivity contribution is 7.13. The minimum absolute atomic E-state index is 0.212. The third kappa shape index (κ3) is 3.98. The van der Waals surface area contributed by atoms with Crippen molar-refractivity contribution in [2.24, 2.45) is 0 Å². The van der Waals surface area contributed by atoms with Gasteiger partial charge in [-0.3, -0.25) is 9.89 Å². The number of nitrogens with zero attached hydrogens (tertiary/aromatic N) is 1. The zero-order chi connectivity index (χ0) is 16.1. The summed E-state index contributed by atoms with van der Waals surface area (Å²) in [5.74, 6) is 0.584. The number of thiophene rings is 1. The van der Waals surface area contributed by atoms with E-state index in [2.05, 4.69) is 15.5 Å². The second kappa shape index (κ2) is 7.11. The quantitative estimate of drug-likeness (QED) is 0.683. The van der Waals surface area contributed by atoms with Gasteiger partial charge in [-0.2, -0.15) is 5.10 Å². The zero-order valence-corrected chi connectivity index (χ0v) is 13.5. The van der Waals surface area contributed by atoms with Crippen LogP contribution in [0.5, 0.6) is 5.75 Å². The van der Waals surface area contributed by atoms with E-state index < -0.39 is 0 Å². The number of rotatable bonds is 6. The molecule has 23 heavy (non-hydrogen) atoms. The van der Waals surface area contributed by atoms with Crippen molar-refractivity contribution in [2.45, 2.75) is 6.92 Å². The van der Waals surface area contributed by atoms with Crippen LogP contribution >= 0.6 is 11.3 Å². The average Bonchev–Trinajstić information content (AvgIpc) is 3.23. The highest BCUT2D eigenvalue weighted by Gasteiger charge is 2.11. The molecular weight excluding hydrogens is 310 g/mol. The number of hydrogen-bond donors (Lipinski definition) is 2. The lowest BCUT2D eigenvalue weighted by Gasteiger charge is -2.07. The monoisotopic (exact) mass is 327 g/mol. The van der Waals surface area contributed by atoms with E-state index in [0.717, 1.165) is 16.3 Å². The smallest absolute Gasteiger partial charge is 0.271 e. The molecule has 0 spiro atoms. The standard InChI is InChI=1S/C17H17N3O2S/c1-12-4-6-13(7-5-12)22-9-8-18-17(21)15-11-14(19-20-15)16-3-2-10-23-16/h2-7,10-11H,8-9H2,1H3,(H,18,21)(H,19,20). The Morgan fingerprint density at radius 3 is 2.87 bits per heavy atom. The second-order valence-corrected chi connectivity index (χ2v) is 6.01. The molecule has 2 aromatic heterocycles. The van der Waals surface area contributed by atoms with Gasteiger partial charge in [-0.25, -0.2) is 0 Å². The van der Waals surface area contributed by atoms with Crippen molar-refractivity contribution >= 4 is 17.2 Å². The van der Waals surface area contributed by atoms with Crippen molar-refractivity contribution in [2.75, 3.05) is 13.2 Å². The Bertz CT molecular complexity index is 764. The number of carbonyl (C=O) groups excluding carboxylic acids is 1. The van der Waals surface area contributed by atoms with Crippen molar-refractivity contribution in [1.29, 1.82) is 0 Å². The highest BCUT2D eigenvalue weighted by Crippen LogP contribution is 2.22.